The van der Waals surface area contributed by atoms with E-state index in [1.165, 1.54) is 30.4 Å². The monoisotopic (exact) mass is 275 g/mol. The van der Waals surface area contributed by atoms with Crippen molar-refractivity contribution < 1.29 is 4.74 Å². The number of nitrogens with one attached hydrogen (secondary N) is 1. The molecule has 2 rings (SSSR count). The average molecular weight is 275 g/mol. The van der Waals surface area contributed by atoms with E-state index in [1.807, 2.05) is 0 Å². The van der Waals surface area contributed by atoms with Crippen LogP contribution in [0.3, 0.4) is 0 Å². The number of ether oxygens (including phenoxy) is 1. The second kappa shape index (κ2) is 7.80. The quantitative estimate of drug-likeness (QED) is 0.843. The molecule has 0 bridgehead atoms. The van der Waals surface area contributed by atoms with Crippen LogP contribution < -0.4 is 5.32 Å². The molecular weight excluding hydrogens is 246 g/mol. The van der Waals surface area contributed by atoms with Gasteiger partial charge in [-0.3, -0.25) is 0 Å². The first kappa shape index (κ1) is 15.5. The van der Waals surface area contributed by atoms with Crippen molar-refractivity contribution in [3.63, 3.8) is 0 Å². The van der Waals surface area contributed by atoms with E-state index in [4.69, 9.17) is 4.74 Å². The van der Waals surface area contributed by atoms with Crippen molar-refractivity contribution in [2.75, 3.05) is 13.2 Å². The van der Waals surface area contributed by atoms with Crippen molar-refractivity contribution in [2.45, 2.75) is 58.6 Å². The van der Waals surface area contributed by atoms with Gasteiger partial charge in [0.15, 0.2) is 0 Å². The lowest BCUT2D eigenvalue weighted by atomic mass is 10.00. The summed E-state index contributed by atoms with van der Waals surface area (Å²) in [5.41, 5.74) is 2.81. The Bertz CT molecular complexity index is 379. The molecule has 0 saturated carbocycles. The number of benzene rings is 1. The molecule has 1 N–H and O–H groups in total. The summed E-state index contributed by atoms with van der Waals surface area (Å²) in [5, 5.41) is 3.60. The zero-order valence-corrected chi connectivity index (χ0v) is 13.2. The molecule has 2 atom stereocenters. The van der Waals surface area contributed by atoms with Crippen molar-refractivity contribution in [2.24, 2.45) is 5.92 Å². The molecule has 112 valence electrons. The largest absolute Gasteiger partial charge is 0.377 e. The first-order valence-corrected chi connectivity index (χ1v) is 8.09. The highest BCUT2D eigenvalue weighted by molar-refractivity contribution is 5.25. The van der Waals surface area contributed by atoms with Gasteiger partial charge < -0.3 is 10.1 Å². The van der Waals surface area contributed by atoms with Crippen LogP contribution in [0.15, 0.2) is 24.3 Å². The van der Waals surface area contributed by atoms with Gasteiger partial charge in [0.25, 0.3) is 0 Å². The van der Waals surface area contributed by atoms with Crippen molar-refractivity contribution >= 4 is 0 Å². The van der Waals surface area contributed by atoms with Crippen LogP contribution in [0.25, 0.3) is 0 Å². The summed E-state index contributed by atoms with van der Waals surface area (Å²) in [6.45, 7) is 8.67. The van der Waals surface area contributed by atoms with Crippen molar-refractivity contribution in [3.05, 3.63) is 35.4 Å². The van der Waals surface area contributed by atoms with Crippen LogP contribution in [-0.4, -0.2) is 19.3 Å². The lowest BCUT2D eigenvalue weighted by Crippen LogP contribution is -2.33. The van der Waals surface area contributed by atoms with E-state index in [9.17, 15) is 0 Å². The van der Waals surface area contributed by atoms with Gasteiger partial charge in [0.2, 0.25) is 0 Å². The van der Waals surface area contributed by atoms with Gasteiger partial charge in [-0.2, -0.15) is 0 Å². The molecular formula is C18H29NO. The first-order chi connectivity index (χ1) is 9.65. The molecule has 1 aliphatic rings. The fourth-order valence-corrected chi connectivity index (χ4v) is 2.81. The second-order valence-corrected chi connectivity index (χ2v) is 6.46. The molecule has 1 aliphatic heterocycles. The summed E-state index contributed by atoms with van der Waals surface area (Å²) < 4.78 is 5.76. The minimum Gasteiger partial charge on any atom is -0.377 e. The Kier molecular flexibility index (Phi) is 6.06. The lowest BCUT2D eigenvalue weighted by molar-refractivity contribution is 0.0156. The number of rotatable bonds is 6. The number of hydrogen-bond donors (Lipinski definition) is 1. The topological polar surface area (TPSA) is 21.3 Å². The van der Waals surface area contributed by atoms with E-state index in [1.54, 1.807) is 0 Å². The van der Waals surface area contributed by atoms with E-state index in [0.29, 0.717) is 12.1 Å². The second-order valence-electron chi connectivity index (χ2n) is 6.46. The van der Waals surface area contributed by atoms with Crippen LogP contribution in [0.4, 0.5) is 0 Å². The Morgan fingerprint density at radius 1 is 1.15 bits per heavy atom. The highest BCUT2D eigenvalue weighted by Crippen LogP contribution is 2.17. The molecule has 2 unspecified atom stereocenters. The van der Waals surface area contributed by atoms with E-state index in [0.717, 1.165) is 25.5 Å². The summed E-state index contributed by atoms with van der Waals surface area (Å²) in [6, 6.07) is 9.46. The molecule has 0 aromatic heterocycles. The Balaban J connectivity index is 1.80. The Morgan fingerprint density at radius 2 is 1.90 bits per heavy atom. The Morgan fingerprint density at radius 3 is 2.50 bits per heavy atom. The predicted octanol–water partition coefficient (Wildman–Crippen LogP) is 4.10. The van der Waals surface area contributed by atoms with Gasteiger partial charge in [-0.15, -0.1) is 0 Å². The highest BCUT2D eigenvalue weighted by Gasteiger charge is 2.15. The molecule has 0 aliphatic carbocycles. The average Bonchev–Trinajstić information content (AvgIpc) is 2.46. The Hall–Kier alpha value is -0.860. The van der Waals surface area contributed by atoms with Crippen LogP contribution in [-0.2, 0) is 11.2 Å². The maximum atomic E-state index is 5.76. The van der Waals surface area contributed by atoms with Crippen LogP contribution in [0, 0.1) is 5.92 Å². The Labute approximate surface area is 123 Å². The first-order valence-electron chi connectivity index (χ1n) is 8.09. The highest BCUT2D eigenvalue weighted by atomic mass is 16.5. The maximum Gasteiger partial charge on any atom is 0.0699 e. The van der Waals surface area contributed by atoms with Gasteiger partial charge >= 0.3 is 0 Å². The van der Waals surface area contributed by atoms with E-state index in [-0.39, 0.29) is 0 Å². The molecule has 0 spiro atoms. The zero-order chi connectivity index (χ0) is 14.4. The molecule has 1 heterocycles. The molecule has 1 aromatic carbocycles. The van der Waals surface area contributed by atoms with Crippen LogP contribution in [0.2, 0.25) is 0 Å². The van der Waals surface area contributed by atoms with Crippen LogP contribution >= 0.6 is 0 Å². The van der Waals surface area contributed by atoms with Crippen molar-refractivity contribution in [1.29, 1.82) is 0 Å². The summed E-state index contributed by atoms with van der Waals surface area (Å²) in [4.78, 5) is 0. The van der Waals surface area contributed by atoms with Crippen molar-refractivity contribution in [1.82, 2.24) is 5.32 Å². The molecule has 0 amide bonds. The summed E-state index contributed by atoms with van der Waals surface area (Å²) in [7, 11) is 0. The van der Waals surface area contributed by atoms with Gasteiger partial charge in [0, 0.05) is 19.2 Å². The minimum atomic E-state index is 0.397. The number of hydrogen-bond acceptors (Lipinski definition) is 2. The molecule has 2 nitrogen and oxygen atoms in total. The molecule has 1 aromatic rings. The summed E-state index contributed by atoms with van der Waals surface area (Å²) in [6.07, 6.45) is 5.31. The molecule has 2 heteroatoms. The molecule has 1 fully saturated rings. The molecule has 1 saturated heterocycles. The maximum absolute atomic E-state index is 5.76. The van der Waals surface area contributed by atoms with Gasteiger partial charge in [-0.05, 0) is 49.7 Å². The zero-order valence-electron chi connectivity index (χ0n) is 13.2. The van der Waals surface area contributed by atoms with E-state index in [2.05, 4.69) is 50.4 Å². The van der Waals surface area contributed by atoms with Gasteiger partial charge in [0.05, 0.1) is 6.10 Å². The SMILES string of the molecule is CC(C)Cc1ccc(C(C)NCC2CCCCO2)cc1. The predicted molar refractivity (Wildman–Crippen MR) is 85.0 cm³/mol. The van der Waals surface area contributed by atoms with Gasteiger partial charge in [-0.25, -0.2) is 0 Å². The fraction of sp³-hybridized carbons (Fsp3) is 0.667. The summed E-state index contributed by atoms with van der Waals surface area (Å²) in [5.74, 6) is 0.722. The van der Waals surface area contributed by atoms with Gasteiger partial charge in [-0.1, -0.05) is 38.1 Å². The minimum absolute atomic E-state index is 0.397. The third-order valence-corrected chi connectivity index (χ3v) is 4.05. The molecule has 0 radical (unpaired) electrons. The standard InChI is InChI=1S/C18H29NO/c1-14(2)12-16-7-9-17(10-8-16)15(3)19-13-18-6-4-5-11-20-18/h7-10,14-15,18-19H,4-6,11-13H2,1-3H3. The van der Waals surface area contributed by atoms with Crippen molar-refractivity contribution in [3.8, 4) is 0 Å². The fourth-order valence-electron chi connectivity index (χ4n) is 2.81. The molecule has 20 heavy (non-hydrogen) atoms. The van der Waals surface area contributed by atoms with E-state index < -0.39 is 0 Å². The van der Waals surface area contributed by atoms with Gasteiger partial charge in [0.1, 0.15) is 0 Å². The smallest absolute Gasteiger partial charge is 0.0699 e. The third kappa shape index (κ3) is 4.92. The van der Waals surface area contributed by atoms with E-state index >= 15 is 0 Å². The third-order valence-electron chi connectivity index (χ3n) is 4.05. The normalized spacial score (nSPS) is 21.1. The summed E-state index contributed by atoms with van der Waals surface area (Å²) >= 11 is 0. The van der Waals surface area contributed by atoms with Crippen LogP contribution in [0.5, 0.6) is 0 Å². The lowest BCUT2D eigenvalue weighted by Gasteiger charge is -2.25. The van der Waals surface area contributed by atoms with Crippen LogP contribution in [0.1, 0.15) is 57.2 Å².